The maximum absolute atomic E-state index is 13.2. The molecule has 7 nitrogen and oxygen atoms in total. The molecule has 0 spiro atoms. The second-order valence-electron chi connectivity index (χ2n) is 6.36. The Morgan fingerprint density at radius 3 is 2.43 bits per heavy atom. The molecule has 0 amide bonds. The Labute approximate surface area is 160 Å². The minimum Gasteiger partial charge on any atom is -0.478 e. The van der Waals surface area contributed by atoms with Gasteiger partial charge in [-0.25, -0.2) is 17.6 Å². The van der Waals surface area contributed by atoms with Crippen molar-refractivity contribution in [3.8, 4) is 11.3 Å². The monoisotopic (exact) mass is 402 g/mol. The van der Waals surface area contributed by atoms with Crippen LogP contribution in [0.25, 0.3) is 11.3 Å². The normalized spacial score (nSPS) is 14.6. The van der Waals surface area contributed by atoms with Crippen molar-refractivity contribution in [1.82, 2.24) is 9.46 Å². The van der Waals surface area contributed by atoms with Crippen LogP contribution in [0, 0.1) is 5.82 Å². The molecular formula is C19H15FN2O5S. The molecule has 9 heteroatoms. The lowest BCUT2D eigenvalue weighted by molar-refractivity contribution is 0.0696. The molecule has 2 heterocycles. The Kier molecular flexibility index (Phi) is 4.48. The average molecular weight is 402 g/mol. The number of fused-ring (bicyclic) bond motifs is 1. The molecule has 0 atom stereocenters. The van der Waals surface area contributed by atoms with Crippen LogP contribution in [0.1, 0.15) is 21.6 Å². The van der Waals surface area contributed by atoms with E-state index in [9.17, 15) is 17.6 Å². The largest absolute Gasteiger partial charge is 0.478 e. The second-order valence-corrected chi connectivity index (χ2v) is 8.30. The molecule has 0 aliphatic carbocycles. The number of carbonyl (C=O) groups is 1. The summed E-state index contributed by atoms with van der Waals surface area (Å²) in [6.07, 6.45) is 0.381. The fraction of sp³-hybridized carbons (Fsp3) is 0.158. The standard InChI is InChI=1S/C19H15FN2O5S/c20-14-5-1-12(2-6-14)18-16-11-22(10-9-17(16)21-27-18)28(25,26)15-7-3-13(4-8-15)19(23)24/h1-8H,9-11H2,(H,23,24). The number of carboxylic acids is 1. The third kappa shape index (κ3) is 3.19. The van der Waals surface area contributed by atoms with Crippen molar-refractivity contribution in [1.29, 1.82) is 0 Å². The van der Waals surface area contributed by atoms with E-state index < -0.39 is 16.0 Å². The third-order valence-electron chi connectivity index (χ3n) is 4.65. The highest BCUT2D eigenvalue weighted by Gasteiger charge is 2.32. The highest BCUT2D eigenvalue weighted by Crippen LogP contribution is 2.32. The molecule has 4 rings (SSSR count). The summed E-state index contributed by atoms with van der Waals surface area (Å²) in [5.41, 5.74) is 1.94. The molecule has 0 saturated heterocycles. The van der Waals surface area contributed by atoms with Crippen molar-refractivity contribution < 1.29 is 27.2 Å². The molecule has 0 unspecified atom stereocenters. The van der Waals surface area contributed by atoms with Gasteiger partial charge in [-0.15, -0.1) is 0 Å². The van der Waals surface area contributed by atoms with Gasteiger partial charge in [-0.3, -0.25) is 0 Å². The van der Waals surface area contributed by atoms with Crippen molar-refractivity contribution in [2.75, 3.05) is 6.54 Å². The summed E-state index contributed by atoms with van der Waals surface area (Å²) in [4.78, 5) is 11.0. The Hall–Kier alpha value is -3.04. The molecule has 1 aliphatic heterocycles. The molecule has 3 aromatic rings. The zero-order valence-corrected chi connectivity index (χ0v) is 15.3. The van der Waals surface area contributed by atoms with Gasteiger partial charge in [0.15, 0.2) is 5.76 Å². The van der Waals surface area contributed by atoms with E-state index in [1.807, 2.05) is 0 Å². The number of rotatable bonds is 4. The predicted octanol–water partition coefficient (Wildman–Crippen LogP) is 2.93. The molecule has 0 bridgehead atoms. The molecule has 0 fully saturated rings. The van der Waals surface area contributed by atoms with Crippen LogP contribution in [-0.2, 0) is 23.0 Å². The van der Waals surface area contributed by atoms with Gasteiger partial charge in [0, 0.05) is 30.6 Å². The topological polar surface area (TPSA) is 101 Å². The summed E-state index contributed by atoms with van der Waals surface area (Å²) < 4.78 is 45.8. The zero-order valence-electron chi connectivity index (χ0n) is 14.5. The van der Waals surface area contributed by atoms with Crippen molar-refractivity contribution >= 4 is 16.0 Å². The Balaban J connectivity index is 1.65. The number of aromatic carboxylic acids is 1. The van der Waals surface area contributed by atoms with Gasteiger partial charge >= 0.3 is 5.97 Å². The average Bonchev–Trinajstić information content (AvgIpc) is 3.12. The first-order valence-electron chi connectivity index (χ1n) is 8.43. The Morgan fingerprint density at radius 1 is 1.11 bits per heavy atom. The van der Waals surface area contributed by atoms with Crippen LogP contribution in [-0.4, -0.2) is 35.5 Å². The number of aromatic nitrogens is 1. The highest BCUT2D eigenvalue weighted by atomic mass is 32.2. The molecule has 144 valence electrons. The van der Waals surface area contributed by atoms with Crippen LogP contribution in [0.5, 0.6) is 0 Å². The number of nitrogens with zero attached hydrogens (tertiary/aromatic N) is 2. The quantitative estimate of drug-likeness (QED) is 0.720. The van der Waals surface area contributed by atoms with Crippen molar-refractivity contribution in [2.45, 2.75) is 17.9 Å². The molecule has 1 aliphatic rings. The van der Waals surface area contributed by atoms with E-state index in [0.29, 0.717) is 29.0 Å². The minimum absolute atomic E-state index is 0.0116. The lowest BCUT2D eigenvalue weighted by Crippen LogP contribution is -2.36. The van der Waals surface area contributed by atoms with E-state index >= 15 is 0 Å². The van der Waals surface area contributed by atoms with Gasteiger partial charge < -0.3 is 9.63 Å². The van der Waals surface area contributed by atoms with Crippen LogP contribution in [0.15, 0.2) is 57.9 Å². The van der Waals surface area contributed by atoms with Gasteiger partial charge in [0.2, 0.25) is 10.0 Å². The minimum atomic E-state index is -3.82. The Bertz CT molecular complexity index is 1140. The predicted molar refractivity (Wildman–Crippen MR) is 96.6 cm³/mol. The van der Waals surface area contributed by atoms with Crippen LogP contribution in [0.3, 0.4) is 0 Å². The summed E-state index contributed by atoms with van der Waals surface area (Å²) in [6, 6.07) is 10.8. The molecule has 0 radical (unpaired) electrons. The van der Waals surface area contributed by atoms with Crippen LogP contribution >= 0.6 is 0 Å². The molecule has 0 saturated carbocycles. The van der Waals surface area contributed by atoms with Gasteiger partial charge in [0.05, 0.1) is 16.2 Å². The lowest BCUT2D eigenvalue weighted by Gasteiger charge is -2.25. The first-order chi connectivity index (χ1) is 13.4. The molecule has 1 N–H and O–H groups in total. The molecular weight excluding hydrogens is 387 g/mol. The number of halogens is 1. The van der Waals surface area contributed by atoms with E-state index in [1.54, 1.807) is 12.1 Å². The van der Waals surface area contributed by atoms with E-state index in [4.69, 9.17) is 9.63 Å². The van der Waals surface area contributed by atoms with Crippen LogP contribution < -0.4 is 0 Å². The first-order valence-corrected chi connectivity index (χ1v) is 9.87. The molecule has 28 heavy (non-hydrogen) atoms. The molecule has 2 aromatic carbocycles. The van der Waals surface area contributed by atoms with Gasteiger partial charge in [0.25, 0.3) is 0 Å². The van der Waals surface area contributed by atoms with Gasteiger partial charge in [-0.05, 0) is 48.5 Å². The van der Waals surface area contributed by atoms with Crippen molar-refractivity contribution in [3.63, 3.8) is 0 Å². The molecule has 1 aromatic heterocycles. The number of carboxylic acid groups (broad SMARTS) is 1. The third-order valence-corrected chi connectivity index (χ3v) is 6.51. The smallest absolute Gasteiger partial charge is 0.335 e. The number of hydrogen-bond acceptors (Lipinski definition) is 5. The van der Waals surface area contributed by atoms with E-state index in [2.05, 4.69) is 5.16 Å². The van der Waals surface area contributed by atoms with Gasteiger partial charge in [-0.1, -0.05) is 5.16 Å². The maximum Gasteiger partial charge on any atom is 0.335 e. The summed E-state index contributed by atoms with van der Waals surface area (Å²) in [7, 11) is -3.82. The number of hydrogen-bond donors (Lipinski definition) is 1. The summed E-state index contributed by atoms with van der Waals surface area (Å²) in [5.74, 6) is -1.10. The van der Waals surface area contributed by atoms with E-state index in [-0.39, 0.29) is 29.4 Å². The van der Waals surface area contributed by atoms with Crippen LogP contribution in [0.4, 0.5) is 4.39 Å². The first kappa shape index (κ1) is 18.3. The second kappa shape index (κ2) is 6.84. The lowest BCUT2D eigenvalue weighted by atomic mass is 10.0. The SMILES string of the molecule is O=C(O)c1ccc(S(=O)(=O)N2CCc3noc(-c4ccc(F)cc4)c3C2)cc1. The fourth-order valence-electron chi connectivity index (χ4n) is 3.14. The summed E-state index contributed by atoms with van der Waals surface area (Å²) >= 11 is 0. The summed E-state index contributed by atoms with van der Waals surface area (Å²) in [5, 5.41) is 13.0. The number of sulfonamides is 1. The van der Waals surface area contributed by atoms with Crippen molar-refractivity contribution in [3.05, 3.63) is 71.2 Å². The number of benzene rings is 2. The Morgan fingerprint density at radius 2 is 1.79 bits per heavy atom. The summed E-state index contributed by atoms with van der Waals surface area (Å²) in [6.45, 7) is 0.292. The van der Waals surface area contributed by atoms with Gasteiger partial charge in [0.1, 0.15) is 5.82 Å². The van der Waals surface area contributed by atoms with Gasteiger partial charge in [-0.2, -0.15) is 4.31 Å². The maximum atomic E-state index is 13.2. The van der Waals surface area contributed by atoms with Crippen molar-refractivity contribution in [2.24, 2.45) is 0 Å². The fourth-order valence-corrected chi connectivity index (χ4v) is 4.55. The van der Waals surface area contributed by atoms with Crippen LogP contribution in [0.2, 0.25) is 0 Å². The zero-order chi connectivity index (χ0) is 19.9. The van der Waals surface area contributed by atoms with E-state index in [0.717, 1.165) is 0 Å². The highest BCUT2D eigenvalue weighted by molar-refractivity contribution is 7.89. The van der Waals surface area contributed by atoms with E-state index in [1.165, 1.54) is 40.7 Å².